The van der Waals surface area contributed by atoms with Gasteiger partial charge in [0.05, 0.1) is 13.2 Å². The van der Waals surface area contributed by atoms with Crippen LogP contribution in [0, 0.1) is 6.92 Å². The summed E-state index contributed by atoms with van der Waals surface area (Å²) in [5, 5.41) is 29.2. The van der Waals surface area contributed by atoms with Crippen molar-refractivity contribution in [1.82, 2.24) is 0 Å². The minimum atomic E-state index is -5.96. The Labute approximate surface area is 235 Å². The second-order valence-electron chi connectivity index (χ2n) is 10.2. The molecule has 3 N–H and O–H groups in total. The highest BCUT2D eigenvalue weighted by Gasteiger charge is 2.71. The zero-order valence-corrected chi connectivity index (χ0v) is 23.2. The molecule has 0 fully saturated rings. The Balaban J connectivity index is 2.11. The van der Waals surface area contributed by atoms with Crippen LogP contribution in [0.15, 0.2) is 54.6 Å². The predicted octanol–water partition coefficient (Wildman–Crippen LogP) is 7.33. The maximum Gasteiger partial charge on any atom is 0.430 e. The van der Waals surface area contributed by atoms with Gasteiger partial charge in [-0.05, 0) is 70.8 Å². The van der Waals surface area contributed by atoms with Crippen LogP contribution in [0.1, 0.15) is 60.1 Å². The fraction of sp³-hybridized carbons (Fsp3) is 0.419. The summed E-state index contributed by atoms with van der Waals surface area (Å²) in [7, 11) is 0. The van der Waals surface area contributed by atoms with Crippen LogP contribution in [0.4, 0.5) is 32.0 Å². The topological polar surface area (TPSA) is 63.9 Å². The van der Waals surface area contributed by atoms with Crippen molar-refractivity contribution in [1.29, 1.82) is 0 Å². The molecular weight excluding hydrogens is 548 g/mol. The van der Waals surface area contributed by atoms with E-state index < -0.39 is 23.5 Å². The summed E-state index contributed by atoms with van der Waals surface area (Å²) in [6.45, 7) is 6.31. The van der Waals surface area contributed by atoms with Crippen molar-refractivity contribution in [3.8, 4) is 11.1 Å². The summed E-state index contributed by atoms with van der Waals surface area (Å²) in [4.78, 5) is 2.10. The predicted molar refractivity (Wildman–Crippen MR) is 146 cm³/mol. The van der Waals surface area contributed by atoms with Crippen molar-refractivity contribution in [2.75, 3.05) is 11.4 Å². The van der Waals surface area contributed by atoms with Crippen molar-refractivity contribution < 1.29 is 41.7 Å². The smallest absolute Gasteiger partial charge is 0.392 e. The van der Waals surface area contributed by atoms with Gasteiger partial charge in [0.1, 0.15) is 0 Å². The molecule has 0 saturated carbocycles. The van der Waals surface area contributed by atoms with Gasteiger partial charge >= 0.3 is 12.4 Å². The largest absolute Gasteiger partial charge is 0.430 e. The number of aliphatic hydroxyl groups is 3. The van der Waals surface area contributed by atoms with E-state index in [1.807, 2.05) is 44.2 Å². The molecule has 3 rings (SSSR count). The normalized spacial score (nSPS) is 12.6. The zero-order valence-electron chi connectivity index (χ0n) is 23.2. The third-order valence-corrected chi connectivity index (χ3v) is 7.22. The summed E-state index contributed by atoms with van der Waals surface area (Å²) in [6, 6.07) is 13.8. The first-order valence-electron chi connectivity index (χ1n) is 13.4. The molecule has 0 aliphatic rings. The Morgan fingerprint density at radius 2 is 1.37 bits per heavy atom. The second kappa shape index (κ2) is 12.8. The summed E-state index contributed by atoms with van der Waals surface area (Å²) in [5.74, 6) is 0. The Morgan fingerprint density at radius 3 is 1.93 bits per heavy atom. The van der Waals surface area contributed by atoms with Gasteiger partial charge in [0.25, 0.3) is 5.60 Å². The summed E-state index contributed by atoms with van der Waals surface area (Å²) in [6.07, 6.45) is -10.5. The van der Waals surface area contributed by atoms with Crippen LogP contribution >= 0.6 is 0 Å². The zero-order chi connectivity index (χ0) is 30.6. The number of benzene rings is 3. The highest BCUT2D eigenvalue weighted by Crippen LogP contribution is 2.50. The van der Waals surface area contributed by atoms with Crippen molar-refractivity contribution in [2.24, 2.45) is 0 Å². The molecule has 0 unspecified atom stereocenters. The fourth-order valence-electron chi connectivity index (χ4n) is 5.01. The molecule has 0 saturated heterocycles. The highest BCUT2D eigenvalue weighted by molar-refractivity contribution is 5.75. The molecule has 0 aromatic heterocycles. The number of halogens is 6. The molecule has 41 heavy (non-hydrogen) atoms. The first-order chi connectivity index (χ1) is 19.2. The lowest BCUT2D eigenvalue weighted by atomic mass is 9.86. The number of aliphatic hydroxyl groups excluding tert-OH is 2. The van der Waals surface area contributed by atoms with Gasteiger partial charge in [-0.25, -0.2) is 0 Å². The first kappa shape index (κ1) is 32.4. The van der Waals surface area contributed by atoms with Crippen molar-refractivity contribution in [2.45, 2.75) is 77.7 Å². The molecule has 0 aliphatic heterocycles. The molecule has 10 heteroatoms. The van der Waals surface area contributed by atoms with E-state index in [9.17, 15) is 41.7 Å². The molecule has 0 amide bonds. The molecule has 4 nitrogen and oxygen atoms in total. The van der Waals surface area contributed by atoms with Gasteiger partial charge in [0, 0.05) is 24.3 Å². The van der Waals surface area contributed by atoms with E-state index in [0.717, 1.165) is 29.3 Å². The summed E-state index contributed by atoms with van der Waals surface area (Å²) in [5.41, 5.74) is -1.10. The maximum absolute atomic E-state index is 13.6. The van der Waals surface area contributed by atoms with E-state index in [-0.39, 0.29) is 25.2 Å². The molecule has 224 valence electrons. The number of alkyl halides is 6. The first-order valence-corrected chi connectivity index (χ1v) is 13.4. The quantitative estimate of drug-likeness (QED) is 0.207. The second-order valence-corrected chi connectivity index (χ2v) is 10.2. The molecule has 0 aliphatic carbocycles. The number of nitrogens with zero attached hydrogens (tertiary/aromatic N) is 1. The molecule has 0 radical (unpaired) electrons. The molecule has 3 aromatic carbocycles. The monoisotopic (exact) mass is 583 g/mol. The van der Waals surface area contributed by atoms with E-state index in [1.165, 1.54) is 6.07 Å². The number of rotatable bonds is 11. The number of hydrogen-bond donors (Lipinski definition) is 3. The van der Waals surface area contributed by atoms with Gasteiger partial charge in [-0.1, -0.05) is 62.7 Å². The minimum absolute atomic E-state index is 0.196. The third-order valence-electron chi connectivity index (χ3n) is 7.22. The number of aryl methyl sites for hydroxylation is 2. The van der Waals surface area contributed by atoms with E-state index >= 15 is 0 Å². The minimum Gasteiger partial charge on any atom is -0.392 e. The van der Waals surface area contributed by atoms with E-state index in [0.29, 0.717) is 47.8 Å². The Hall–Kier alpha value is -3.08. The summed E-state index contributed by atoms with van der Waals surface area (Å²) < 4.78 is 81.4. The molecular formula is C31H35F6NO3. The van der Waals surface area contributed by atoms with Crippen LogP contribution in [0.5, 0.6) is 0 Å². The van der Waals surface area contributed by atoms with Gasteiger partial charge in [-0.3, -0.25) is 0 Å². The van der Waals surface area contributed by atoms with Crippen LogP contribution in [0.25, 0.3) is 11.1 Å². The SMILES string of the molecule is CCCc1cc(C(O)(C(F)(F)F)C(F)(F)F)ccc1-c1cc(N(CCC)Cc2ccc(CO)c(CO)c2)ccc1C. The lowest BCUT2D eigenvalue weighted by Gasteiger charge is -2.33. The number of hydrogen-bond acceptors (Lipinski definition) is 4. The van der Waals surface area contributed by atoms with Gasteiger partial charge in [-0.2, -0.15) is 26.3 Å². The van der Waals surface area contributed by atoms with Crippen LogP contribution in [0.2, 0.25) is 0 Å². The van der Waals surface area contributed by atoms with E-state index in [1.54, 1.807) is 13.0 Å². The van der Waals surface area contributed by atoms with Crippen molar-refractivity contribution >= 4 is 5.69 Å². The molecule has 0 heterocycles. The lowest BCUT2D eigenvalue weighted by Crippen LogP contribution is -2.53. The number of anilines is 1. The fourth-order valence-corrected chi connectivity index (χ4v) is 5.01. The van der Waals surface area contributed by atoms with Crippen molar-refractivity contribution in [3.63, 3.8) is 0 Å². The summed E-state index contributed by atoms with van der Waals surface area (Å²) >= 11 is 0. The third kappa shape index (κ3) is 6.71. The Kier molecular flexibility index (Phi) is 10.2. The maximum atomic E-state index is 13.6. The molecule has 0 atom stereocenters. The lowest BCUT2D eigenvalue weighted by molar-refractivity contribution is -0.376. The molecule has 0 spiro atoms. The Bertz CT molecular complexity index is 1320. The van der Waals surface area contributed by atoms with Gasteiger partial charge in [0.15, 0.2) is 0 Å². The standard InChI is InChI=1S/C31H35F6NO3/c1-4-6-22-15-25(29(41,30(32,33)34)31(35,36)37)10-12-27(22)28-16-26(11-7-20(28)3)38(13-5-2)17-21-8-9-23(18-39)24(14-21)19-40/h7-12,14-16,39-41H,4-6,13,17-19H2,1-3H3. The average Bonchev–Trinajstić information content (AvgIpc) is 2.91. The molecule has 3 aromatic rings. The van der Waals surface area contributed by atoms with Crippen LogP contribution in [-0.4, -0.2) is 34.2 Å². The highest BCUT2D eigenvalue weighted by atomic mass is 19.4. The van der Waals surface area contributed by atoms with Gasteiger partial charge in [-0.15, -0.1) is 0 Å². The van der Waals surface area contributed by atoms with E-state index in [4.69, 9.17) is 0 Å². The van der Waals surface area contributed by atoms with Gasteiger partial charge < -0.3 is 20.2 Å². The average molecular weight is 584 g/mol. The van der Waals surface area contributed by atoms with E-state index in [2.05, 4.69) is 4.90 Å². The van der Waals surface area contributed by atoms with Gasteiger partial charge in [0.2, 0.25) is 0 Å². The van der Waals surface area contributed by atoms with Crippen molar-refractivity contribution in [3.05, 3.63) is 88.0 Å². The molecule has 0 bridgehead atoms. The Morgan fingerprint density at radius 1 is 0.707 bits per heavy atom. The van der Waals surface area contributed by atoms with Crippen LogP contribution < -0.4 is 4.90 Å². The van der Waals surface area contributed by atoms with Crippen LogP contribution in [-0.2, 0) is 31.8 Å². The van der Waals surface area contributed by atoms with Crippen LogP contribution in [0.3, 0.4) is 0 Å².